The third-order valence-corrected chi connectivity index (χ3v) is 3.78. The molecule has 0 bridgehead atoms. The molecule has 0 unspecified atom stereocenters. The predicted molar refractivity (Wildman–Crippen MR) is 73.5 cm³/mol. The van der Waals surface area contributed by atoms with Crippen LogP contribution in [0.5, 0.6) is 0 Å². The number of nitrogens with one attached hydrogen (secondary N) is 2. The molecule has 0 saturated heterocycles. The van der Waals surface area contributed by atoms with Crippen LogP contribution in [-0.2, 0) is 11.2 Å². The van der Waals surface area contributed by atoms with Crippen molar-refractivity contribution < 1.29 is 9.59 Å². The normalized spacial score (nSPS) is 14.2. The van der Waals surface area contributed by atoms with E-state index in [1.165, 1.54) is 11.3 Å². The number of hydrogen-bond donors (Lipinski definition) is 3. The van der Waals surface area contributed by atoms with Crippen molar-refractivity contribution in [2.24, 2.45) is 5.73 Å². The number of nitrogens with two attached hydrogens (primary N) is 1. The summed E-state index contributed by atoms with van der Waals surface area (Å²) in [5.41, 5.74) is 6.99. The molecule has 1 fully saturated rings. The van der Waals surface area contributed by atoms with Gasteiger partial charge < -0.3 is 5.73 Å². The van der Waals surface area contributed by atoms with Crippen molar-refractivity contribution in [1.29, 1.82) is 0 Å². The molecule has 3 rings (SSSR count). The summed E-state index contributed by atoms with van der Waals surface area (Å²) in [7, 11) is 0. The molecule has 7 nitrogen and oxygen atoms in total. The molecule has 1 aliphatic carbocycles. The van der Waals surface area contributed by atoms with Crippen LogP contribution < -0.4 is 11.1 Å². The summed E-state index contributed by atoms with van der Waals surface area (Å²) in [6.07, 6.45) is 2.36. The fraction of sp³-hybridized carbons (Fsp3) is 0.333. The molecule has 0 spiro atoms. The van der Waals surface area contributed by atoms with E-state index in [2.05, 4.69) is 20.5 Å². The maximum absolute atomic E-state index is 12.0. The third kappa shape index (κ3) is 2.85. The van der Waals surface area contributed by atoms with Crippen LogP contribution in [0.4, 0.5) is 5.13 Å². The van der Waals surface area contributed by atoms with Gasteiger partial charge >= 0.3 is 0 Å². The summed E-state index contributed by atoms with van der Waals surface area (Å²) in [6.45, 7) is 0. The lowest BCUT2D eigenvalue weighted by molar-refractivity contribution is -0.117. The van der Waals surface area contributed by atoms with E-state index in [4.69, 9.17) is 5.73 Å². The van der Waals surface area contributed by atoms with Crippen molar-refractivity contribution in [3.8, 4) is 0 Å². The number of H-pyrrole nitrogens is 1. The minimum atomic E-state index is -0.449. The number of aromatic nitrogens is 3. The van der Waals surface area contributed by atoms with Gasteiger partial charge in [0.15, 0.2) is 10.8 Å². The molecule has 2 amide bonds. The fourth-order valence-electron chi connectivity index (χ4n) is 1.84. The minimum Gasteiger partial charge on any atom is -0.369 e. The first kappa shape index (κ1) is 12.8. The number of nitrogens with zero attached hydrogens (tertiary/aromatic N) is 2. The first-order chi connectivity index (χ1) is 9.61. The van der Waals surface area contributed by atoms with Crippen molar-refractivity contribution in [3.63, 3.8) is 0 Å². The number of aromatic amines is 1. The molecular weight excluding hydrogens is 278 g/mol. The SMILES string of the molecule is NC(=O)Cc1csc(NC(=O)c2cc(C3CC3)[nH]n2)n1. The predicted octanol–water partition coefficient (Wildman–Crippen LogP) is 1.02. The van der Waals surface area contributed by atoms with Gasteiger partial charge in [0.1, 0.15) is 0 Å². The Labute approximate surface area is 118 Å². The Morgan fingerprint density at radius 3 is 3.00 bits per heavy atom. The summed E-state index contributed by atoms with van der Waals surface area (Å²) in [4.78, 5) is 26.9. The lowest BCUT2D eigenvalue weighted by Crippen LogP contribution is -2.14. The van der Waals surface area contributed by atoms with Crippen molar-refractivity contribution in [1.82, 2.24) is 15.2 Å². The van der Waals surface area contributed by atoms with E-state index in [9.17, 15) is 9.59 Å². The number of carbonyl (C=O) groups is 2. The van der Waals surface area contributed by atoms with Crippen LogP contribution in [0.15, 0.2) is 11.4 Å². The van der Waals surface area contributed by atoms with Gasteiger partial charge in [0.05, 0.1) is 12.1 Å². The van der Waals surface area contributed by atoms with Crippen LogP contribution in [0.2, 0.25) is 0 Å². The summed E-state index contributed by atoms with van der Waals surface area (Å²) in [5, 5.41) is 11.7. The fourth-order valence-corrected chi connectivity index (χ4v) is 2.55. The Hall–Kier alpha value is -2.22. The molecule has 8 heteroatoms. The molecule has 2 aromatic heterocycles. The number of primary amides is 1. The van der Waals surface area contributed by atoms with E-state index in [0.717, 1.165) is 18.5 Å². The summed E-state index contributed by atoms with van der Waals surface area (Å²) >= 11 is 1.25. The summed E-state index contributed by atoms with van der Waals surface area (Å²) in [6, 6.07) is 1.77. The second kappa shape index (κ2) is 5.04. The smallest absolute Gasteiger partial charge is 0.277 e. The van der Waals surface area contributed by atoms with Gasteiger partial charge in [-0.25, -0.2) is 4.98 Å². The largest absolute Gasteiger partial charge is 0.369 e. The van der Waals surface area contributed by atoms with E-state index in [1.54, 1.807) is 11.4 Å². The standard InChI is InChI=1S/C12H13N5O2S/c13-10(18)3-7-5-20-12(14-7)15-11(19)9-4-8(16-17-9)6-1-2-6/h4-6H,1-3H2,(H2,13,18)(H,16,17)(H,14,15,19). The Morgan fingerprint density at radius 1 is 1.50 bits per heavy atom. The summed E-state index contributed by atoms with van der Waals surface area (Å²) in [5.74, 6) is -0.242. The zero-order chi connectivity index (χ0) is 14.1. The Kier molecular flexibility index (Phi) is 3.23. The van der Waals surface area contributed by atoms with Gasteiger partial charge in [-0.05, 0) is 18.9 Å². The van der Waals surface area contributed by atoms with Crippen molar-refractivity contribution in [3.05, 3.63) is 28.5 Å². The van der Waals surface area contributed by atoms with Crippen molar-refractivity contribution in [2.45, 2.75) is 25.2 Å². The average Bonchev–Trinajstić information content (AvgIpc) is 2.96. The van der Waals surface area contributed by atoms with E-state index in [1.807, 2.05) is 0 Å². The molecule has 0 aliphatic heterocycles. The van der Waals surface area contributed by atoms with Gasteiger partial charge in [0.2, 0.25) is 5.91 Å². The summed E-state index contributed by atoms with van der Waals surface area (Å²) < 4.78 is 0. The number of thiazole rings is 1. The minimum absolute atomic E-state index is 0.0700. The van der Waals surface area contributed by atoms with Gasteiger partial charge in [-0.2, -0.15) is 5.10 Å². The Morgan fingerprint density at radius 2 is 2.30 bits per heavy atom. The highest BCUT2D eigenvalue weighted by molar-refractivity contribution is 7.14. The number of rotatable bonds is 5. The van der Waals surface area contributed by atoms with E-state index < -0.39 is 5.91 Å². The van der Waals surface area contributed by atoms with Gasteiger partial charge in [0, 0.05) is 17.0 Å². The number of anilines is 1. The molecule has 104 valence electrons. The van der Waals surface area contributed by atoms with Crippen LogP contribution in [0.1, 0.15) is 40.6 Å². The highest BCUT2D eigenvalue weighted by Gasteiger charge is 2.26. The topological polar surface area (TPSA) is 114 Å². The van der Waals surface area contributed by atoms with E-state index >= 15 is 0 Å². The molecule has 0 aromatic carbocycles. The lowest BCUT2D eigenvalue weighted by atomic mass is 10.2. The van der Waals surface area contributed by atoms with E-state index in [-0.39, 0.29) is 12.3 Å². The monoisotopic (exact) mass is 291 g/mol. The average molecular weight is 291 g/mol. The molecule has 20 heavy (non-hydrogen) atoms. The van der Waals surface area contributed by atoms with Crippen LogP contribution in [0.3, 0.4) is 0 Å². The zero-order valence-corrected chi connectivity index (χ0v) is 11.4. The number of hydrogen-bond acceptors (Lipinski definition) is 5. The molecule has 4 N–H and O–H groups in total. The lowest BCUT2D eigenvalue weighted by Gasteiger charge is -1.96. The van der Waals surface area contributed by atoms with Crippen LogP contribution in [-0.4, -0.2) is 27.0 Å². The van der Waals surface area contributed by atoms with E-state index in [0.29, 0.717) is 22.4 Å². The maximum atomic E-state index is 12.0. The maximum Gasteiger partial charge on any atom is 0.277 e. The highest BCUT2D eigenvalue weighted by atomic mass is 32.1. The molecular formula is C12H13N5O2S. The molecule has 1 saturated carbocycles. The number of carbonyl (C=O) groups excluding carboxylic acids is 2. The van der Waals surface area contributed by atoms with Crippen LogP contribution in [0, 0.1) is 0 Å². The second-order valence-electron chi connectivity index (χ2n) is 4.72. The van der Waals surface area contributed by atoms with Crippen molar-refractivity contribution >= 4 is 28.3 Å². The van der Waals surface area contributed by atoms with Crippen LogP contribution >= 0.6 is 11.3 Å². The Bertz CT molecular complexity index is 658. The molecule has 2 heterocycles. The zero-order valence-electron chi connectivity index (χ0n) is 10.5. The first-order valence-corrected chi connectivity index (χ1v) is 7.09. The van der Waals surface area contributed by atoms with Gasteiger partial charge in [0.25, 0.3) is 5.91 Å². The molecule has 0 atom stereocenters. The van der Waals surface area contributed by atoms with Crippen LogP contribution in [0.25, 0.3) is 0 Å². The second-order valence-corrected chi connectivity index (χ2v) is 5.58. The first-order valence-electron chi connectivity index (χ1n) is 6.21. The van der Waals surface area contributed by atoms with Crippen molar-refractivity contribution in [2.75, 3.05) is 5.32 Å². The van der Waals surface area contributed by atoms with Gasteiger partial charge in [-0.15, -0.1) is 11.3 Å². The third-order valence-electron chi connectivity index (χ3n) is 2.98. The Balaban J connectivity index is 1.65. The van der Waals surface area contributed by atoms with Gasteiger partial charge in [-0.3, -0.25) is 20.0 Å². The highest BCUT2D eigenvalue weighted by Crippen LogP contribution is 2.39. The number of amides is 2. The molecule has 2 aromatic rings. The molecule has 1 aliphatic rings. The molecule has 0 radical (unpaired) electrons. The quantitative estimate of drug-likeness (QED) is 0.763. The van der Waals surface area contributed by atoms with Gasteiger partial charge in [-0.1, -0.05) is 0 Å².